The second-order valence-electron chi connectivity index (χ2n) is 7.22. The summed E-state index contributed by atoms with van der Waals surface area (Å²) in [6, 6.07) is 17.4. The van der Waals surface area contributed by atoms with Gasteiger partial charge in [0, 0.05) is 29.7 Å². The molecule has 1 unspecified atom stereocenters. The zero-order valence-corrected chi connectivity index (χ0v) is 15.4. The molecule has 2 aromatic carbocycles. The Morgan fingerprint density at radius 3 is 2.74 bits per heavy atom. The van der Waals surface area contributed by atoms with Crippen LogP contribution >= 0.6 is 0 Å². The summed E-state index contributed by atoms with van der Waals surface area (Å²) in [7, 11) is 0. The molecule has 0 spiro atoms. The largest absolute Gasteiger partial charge is 0.351 e. The summed E-state index contributed by atoms with van der Waals surface area (Å²) in [6.07, 6.45) is 1.63. The lowest BCUT2D eigenvalue weighted by atomic mass is 9.96. The molecule has 1 aromatic heterocycles. The van der Waals surface area contributed by atoms with Gasteiger partial charge < -0.3 is 15.2 Å². The van der Waals surface area contributed by atoms with Gasteiger partial charge in [-0.3, -0.25) is 9.59 Å². The van der Waals surface area contributed by atoms with Crippen molar-refractivity contribution >= 4 is 28.4 Å². The number of nitrogens with zero attached hydrogens (tertiary/aromatic N) is 1. The highest BCUT2D eigenvalue weighted by Gasteiger charge is 2.29. The third-order valence-electron chi connectivity index (χ3n) is 5.13. The van der Waals surface area contributed by atoms with E-state index in [-0.39, 0.29) is 17.7 Å². The average Bonchev–Trinajstić information content (AvgIpc) is 3.11. The summed E-state index contributed by atoms with van der Waals surface area (Å²) >= 11 is 0. The molecule has 5 nitrogen and oxygen atoms in total. The molecule has 2 N–H and O–H groups in total. The van der Waals surface area contributed by atoms with Crippen LogP contribution in [0.5, 0.6) is 0 Å². The first-order valence-electron chi connectivity index (χ1n) is 9.35. The predicted molar refractivity (Wildman–Crippen MR) is 107 cm³/mol. The van der Waals surface area contributed by atoms with E-state index in [9.17, 15) is 9.59 Å². The number of carbonyl (C=O) groups is 2. The van der Waals surface area contributed by atoms with Crippen LogP contribution in [0.15, 0.2) is 54.6 Å². The van der Waals surface area contributed by atoms with E-state index in [0.29, 0.717) is 18.8 Å². The maximum absolute atomic E-state index is 12.9. The fourth-order valence-electron chi connectivity index (χ4n) is 3.67. The highest BCUT2D eigenvalue weighted by Crippen LogP contribution is 2.22. The number of carbonyl (C=O) groups excluding carboxylic acids is 2. The Morgan fingerprint density at radius 2 is 1.93 bits per heavy atom. The number of rotatable bonds is 3. The van der Waals surface area contributed by atoms with E-state index in [2.05, 4.69) is 10.3 Å². The summed E-state index contributed by atoms with van der Waals surface area (Å²) in [5.41, 5.74) is 3.49. The van der Waals surface area contributed by atoms with Gasteiger partial charge in [0.25, 0.3) is 5.91 Å². The van der Waals surface area contributed by atoms with Gasteiger partial charge in [-0.25, -0.2) is 0 Å². The van der Waals surface area contributed by atoms with Crippen LogP contribution in [0.1, 0.15) is 28.9 Å². The molecule has 4 rings (SSSR count). The summed E-state index contributed by atoms with van der Waals surface area (Å²) in [5, 5.41) is 3.98. The Labute approximate surface area is 158 Å². The summed E-state index contributed by atoms with van der Waals surface area (Å²) in [6.45, 7) is 3.16. The van der Waals surface area contributed by atoms with Crippen molar-refractivity contribution in [1.29, 1.82) is 0 Å². The van der Waals surface area contributed by atoms with Crippen LogP contribution in [0.4, 0.5) is 5.69 Å². The minimum atomic E-state index is -0.186. The highest BCUT2D eigenvalue weighted by molar-refractivity contribution is 5.99. The van der Waals surface area contributed by atoms with Crippen molar-refractivity contribution in [1.82, 2.24) is 9.88 Å². The van der Waals surface area contributed by atoms with Gasteiger partial charge >= 0.3 is 0 Å². The number of amides is 2. The second kappa shape index (κ2) is 7.27. The maximum atomic E-state index is 12.9. The second-order valence-corrected chi connectivity index (χ2v) is 7.22. The number of H-pyrrole nitrogens is 1. The van der Waals surface area contributed by atoms with Crippen molar-refractivity contribution in [2.24, 2.45) is 5.92 Å². The summed E-state index contributed by atoms with van der Waals surface area (Å²) in [4.78, 5) is 30.6. The third kappa shape index (κ3) is 3.72. The fraction of sp³-hybridized carbons (Fsp3) is 0.273. The number of aryl methyl sites for hydroxylation is 1. The van der Waals surface area contributed by atoms with E-state index < -0.39 is 0 Å². The number of likely N-dealkylation sites (tertiary alicyclic amines) is 1. The van der Waals surface area contributed by atoms with Gasteiger partial charge in [-0.15, -0.1) is 0 Å². The minimum Gasteiger partial charge on any atom is -0.351 e. The number of piperidine rings is 1. The molecule has 2 amide bonds. The van der Waals surface area contributed by atoms with Crippen molar-refractivity contribution in [3.8, 4) is 0 Å². The van der Waals surface area contributed by atoms with Crippen LogP contribution in [-0.4, -0.2) is 34.8 Å². The fourth-order valence-corrected chi connectivity index (χ4v) is 3.67. The molecule has 1 aliphatic rings. The number of para-hydroxylation sites is 1. The molecule has 0 bridgehead atoms. The number of benzene rings is 2. The van der Waals surface area contributed by atoms with Crippen LogP contribution in [0.3, 0.4) is 0 Å². The molecular formula is C22H23N3O2. The van der Waals surface area contributed by atoms with Gasteiger partial charge in [0.1, 0.15) is 5.69 Å². The number of aromatic amines is 1. The van der Waals surface area contributed by atoms with Crippen molar-refractivity contribution in [3.05, 3.63) is 65.9 Å². The van der Waals surface area contributed by atoms with Gasteiger partial charge in [-0.1, -0.05) is 30.3 Å². The average molecular weight is 361 g/mol. The molecule has 1 saturated heterocycles. The lowest BCUT2D eigenvalue weighted by Gasteiger charge is -2.31. The van der Waals surface area contributed by atoms with Crippen molar-refractivity contribution in [3.63, 3.8) is 0 Å². The maximum Gasteiger partial charge on any atom is 0.270 e. The van der Waals surface area contributed by atoms with E-state index in [1.54, 1.807) is 4.90 Å². The molecule has 5 heteroatoms. The molecular weight excluding hydrogens is 338 g/mol. The van der Waals surface area contributed by atoms with E-state index in [0.717, 1.165) is 35.0 Å². The molecule has 3 aromatic rings. The number of anilines is 1. The SMILES string of the molecule is Cc1ccc2cc(C(=O)N3CCCC(C(=O)Nc4ccccc4)C3)[nH]c2c1. The van der Waals surface area contributed by atoms with Crippen molar-refractivity contribution in [2.45, 2.75) is 19.8 Å². The Morgan fingerprint density at radius 1 is 1.11 bits per heavy atom. The first kappa shape index (κ1) is 17.3. The van der Waals surface area contributed by atoms with Gasteiger partial charge in [-0.2, -0.15) is 0 Å². The van der Waals surface area contributed by atoms with Gasteiger partial charge in [0.2, 0.25) is 5.91 Å². The number of hydrogen-bond acceptors (Lipinski definition) is 2. The lowest BCUT2D eigenvalue weighted by Crippen LogP contribution is -2.43. The van der Waals surface area contributed by atoms with E-state index in [1.165, 1.54) is 0 Å². The van der Waals surface area contributed by atoms with Gasteiger partial charge in [0.15, 0.2) is 0 Å². The Balaban J connectivity index is 1.46. The Bertz CT molecular complexity index is 978. The van der Waals surface area contributed by atoms with E-state index in [4.69, 9.17) is 0 Å². The molecule has 2 heterocycles. The predicted octanol–water partition coefficient (Wildman–Crippen LogP) is 3.97. The minimum absolute atomic E-state index is 0.0222. The number of hydrogen-bond donors (Lipinski definition) is 2. The van der Waals surface area contributed by atoms with Crippen LogP contribution < -0.4 is 5.32 Å². The van der Waals surface area contributed by atoms with Crippen LogP contribution in [0, 0.1) is 12.8 Å². The topological polar surface area (TPSA) is 65.2 Å². The molecule has 0 aliphatic carbocycles. The number of aromatic nitrogens is 1. The van der Waals surface area contributed by atoms with E-state index >= 15 is 0 Å². The zero-order chi connectivity index (χ0) is 18.8. The third-order valence-corrected chi connectivity index (χ3v) is 5.13. The standard InChI is InChI=1S/C22H23N3O2/c1-15-9-10-16-13-20(24-19(16)12-15)22(27)25-11-5-6-17(14-25)21(26)23-18-7-3-2-4-8-18/h2-4,7-10,12-13,17,24H,5-6,11,14H2,1H3,(H,23,26). The molecule has 1 aliphatic heterocycles. The smallest absolute Gasteiger partial charge is 0.270 e. The summed E-state index contributed by atoms with van der Waals surface area (Å²) < 4.78 is 0. The molecule has 0 saturated carbocycles. The Kier molecular flexibility index (Phi) is 4.67. The highest BCUT2D eigenvalue weighted by atomic mass is 16.2. The molecule has 1 atom stereocenters. The van der Waals surface area contributed by atoms with Crippen LogP contribution in [0.25, 0.3) is 10.9 Å². The molecule has 0 radical (unpaired) electrons. The number of fused-ring (bicyclic) bond motifs is 1. The van der Waals surface area contributed by atoms with E-state index in [1.807, 2.05) is 61.5 Å². The molecule has 1 fully saturated rings. The first-order chi connectivity index (χ1) is 13.1. The van der Waals surface area contributed by atoms with Crippen LogP contribution in [-0.2, 0) is 4.79 Å². The number of nitrogens with one attached hydrogen (secondary N) is 2. The monoisotopic (exact) mass is 361 g/mol. The van der Waals surface area contributed by atoms with Gasteiger partial charge in [-0.05, 0) is 49.6 Å². The molecule has 138 valence electrons. The zero-order valence-electron chi connectivity index (χ0n) is 15.4. The Hall–Kier alpha value is -3.08. The van der Waals surface area contributed by atoms with Gasteiger partial charge in [0.05, 0.1) is 5.92 Å². The van der Waals surface area contributed by atoms with Crippen molar-refractivity contribution < 1.29 is 9.59 Å². The quantitative estimate of drug-likeness (QED) is 0.741. The lowest BCUT2D eigenvalue weighted by molar-refractivity contribution is -0.121. The first-order valence-corrected chi connectivity index (χ1v) is 9.35. The van der Waals surface area contributed by atoms with Crippen LogP contribution in [0.2, 0.25) is 0 Å². The van der Waals surface area contributed by atoms with Crippen molar-refractivity contribution in [2.75, 3.05) is 18.4 Å². The normalized spacial score (nSPS) is 17.1. The molecule has 27 heavy (non-hydrogen) atoms. The summed E-state index contributed by atoms with van der Waals surface area (Å²) in [5.74, 6) is -0.249.